The van der Waals surface area contributed by atoms with Gasteiger partial charge in [0.05, 0.1) is 6.26 Å². The molecule has 1 fully saturated rings. The summed E-state index contributed by atoms with van der Waals surface area (Å²) in [4.78, 5) is 13.5. The molecule has 0 aliphatic heterocycles. The van der Waals surface area contributed by atoms with Crippen LogP contribution in [0.1, 0.15) is 52.9 Å². The van der Waals surface area contributed by atoms with E-state index < -0.39 is 27.5 Å². The van der Waals surface area contributed by atoms with Crippen LogP contribution in [0.5, 0.6) is 0 Å². The zero-order valence-electron chi connectivity index (χ0n) is 12.9. The first-order valence-electron chi connectivity index (χ1n) is 6.83. The Morgan fingerprint density at radius 2 is 1.65 bits per heavy atom. The lowest BCUT2D eigenvalue weighted by Crippen LogP contribution is -2.54. The van der Waals surface area contributed by atoms with Gasteiger partial charge in [0.1, 0.15) is 5.60 Å². The standard InChI is InChI=1S/C13H25NO5S/c1-12(2,3)18-11(15)14(4)13(19-20(5,16)17)9-7-6-8-10-13/h6-10H2,1-5H3. The molecule has 6 nitrogen and oxygen atoms in total. The number of nitrogens with zero attached hydrogens (tertiary/aromatic N) is 1. The summed E-state index contributed by atoms with van der Waals surface area (Å²) < 4.78 is 33.6. The van der Waals surface area contributed by atoms with Crippen molar-refractivity contribution < 1.29 is 22.1 Å². The molecule has 1 aliphatic rings. The minimum atomic E-state index is -3.65. The number of amides is 1. The topological polar surface area (TPSA) is 72.9 Å². The smallest absolute Gasteiger partial charge is 0.412 e. The molecule has 1 saturated carbocycles. The maximum absolute atomic E-state index is 12.2. The van der Waals surface area contributed by atoms with Crippen molar-refractivity contribution >= 4 is 16.2 Å². The van der Waals surface area contributed by atoms with Gasteiger partial charge in [0.25, 0.3) is 10.1 Å². The van der Waals surface area contributed by atoms with Crippen molar-refractivity contribution in [2.45, 2.75) is 64.2 Å². The van der Waals surface area contributed by atoms with Gasteiger partial charge in [-0.1, -0.05) is 6.42 Å². The highest BCUT2D eigenvalue weighted by molar-refractivity contribution is 7.86. The summed E-state index contributed by atoms with van der Waals surface area (Å²) in [7, 11) is -2.12. The highest BCUT2D eigenvalue weighted by Gasteiger charge is 2.44. The Labute approximate surface area is 121 Å². The summed E-state index contributed by atoms with van der Waals surface area (Å²) >= 11 is 0. The molecule has 0 radical (unpaired) electrons. The minimum absolute atomic E-state index is 0.496. The van der Waals surface area contributed by atoms with E-state index in [9.17, 15) is 13.2 Å². The molecule has 0 spiro atoms. The molecular formula is C13H25NO5S. The SMILES string of the molecule is CN(C(=O)OC(C)(C)C)C1(OS(C)(=O)=O)CCCCC1. The van der Waals surface area contributed by atoms with Gasteiger partial charge in [0, 0.05) is 7.05 Å². The van der Waals surface area contributed by atoms with E-state index in [1.807, 2.05) is 0 Å². The van der Waals surface area contributed by atoms with Crippen molar-refractivity contribution in [3.8, 4) is 0 Å². The van der Waals surface area contributed by atoms with Gasteiger partial charge < -0.3 is 4.74 Å². The van der Waals surface area contributed by atoms with Crippen molar-refractivity contribution in [2.75, 3.05) is 13.3 Å². The Morgan fingerprint density at radius 3 is 2.05 bits per heavy atom. The lowest BCUT2D eigenvalue weighted by Gasteiger charge is -2.42. The maximum Gasteiger partial charge on any atom is 0.412 e. The molecule has 118 valence electrons. The Hall–Kier alpha value is -0.820. The van der Waals surface area contributed by atoms with Gasteiger partial charge in [-0.2, -0.15) is 8.42 Å². The number of ether oxygens (including phenoxy) is 1. The van der Waals surface area contributed by atoms with Crippen LogP contribution in [-0.2, 0) is 19.0 Å². The molecule has 0 bridgehead atoms. The molecule has 1 rings (SSSR count). The molecule has 20 heavy (non-hydrogen) atoms. The molecule has 0 aromatic rings. The van der Waals surface area contributed by atoms with Crippen LogP contribution in [0.2, 0.25) is 0 Å². The second-order valence-electron chi connectivity index (χ2n) is 6.33. The van der Waals surface area contributed by atoms with Crippen LogP contribution in [0.15, 0.2) is 0 Å². The third-order valence-electron chi connectivity index (χ3n) is 3.22. The average Bonchev–Trinajstić information content (AvgIpc) is 2.24. The second kappa shape index (κ2) is 5.89. The fourth-order valence-electron chi connectivity index (χ4n) is 2.36. The van der Waals surface area contributed by atoms with Gasteiger partial charge >= 0.3 is 6.09 Å². The van der Waals surface area contributed by atoms with E-state index >= 15 is 0 Å². The Bertz CT molecular complexity index is 446. The van der Waals surface area contributed by atoms with E-state index in [-0.39, 0.29) is 0 Å². The van der Waals surface area contributed by atoms with Crippen LogP contribution in [0, 0.1) is 0 Å². The maximum atomic E-state index is 12.2. The van der Waals surface area contributed by atoms with E-state index in [1.54, 1.807) is 20.8 Å². The number of carbonyl (C=O) groups excluding carboxylic acids is 1. The van der Waals surface area contributed by atoms with Crippen molar-refractivity contribution in [1.29, 1.82) is 0 Å². The highest BCUT2D eigenvalue weighted by Crippen LogP contribution is 2.36. The van der Waals surface area contributed by atoms with Gasteiger partial charge in [0.2, 0.25) is 0 Å². The van der Waals surface area contributed by atoms with Crippen LogP contribution in [-0.4, -0.2) is 44.0 Å². The Morgan fingerprint density at radius 1 is 1.15 bits per heavy atom. The first-order chi connectivity index (χ1) is 8.95. The summed E-state index contributed by atoms with van der Waals surface area (Å²) in [5, 5.41) is 0. The molecule has 0 unspecified atom stereocenters. The largest absolute Gasteiger partial charge is 0.444 e. The van der Waals surface area contributed by atoms with E-state index in [2.05, 4.69) is 0 Å². The van der Waals surface area contributed by atoms with E-state index in [4.69, 9.17) is 8.92 Å². The van der Waals surface area contributed by atoms with Crippen LogP contribution < -0.4 is 0 Å². The van der Waals surface area contributed by atoms with Crippen molar-refractivity contribution in [3.05, 3.63) is 0 Å². The number of hydrogen-bond donors (Lipinski definition) is 0. The Balaban J connectivity index is 2.95. The first-order valence-corrected chi connectivity index (χ1v) is 8.64. The molecule has 0 aromatic heterocycles. The fourth-order valence-corrected chi connectivity index (χ4v) is 3.20. The van der Waals surface area contributed by atoms with Crippen LogP contribution >= 0.6 is 0 Å². The molecular weight excluding hydrogens is 282 g/mol. The zero-order chi connectivity index (χ0) is 15.6. The normalized spacial score (nSPS) is 19.4. The molecule has 1 aliphatic carbocycles. The second-order valence-corrected chi connectivity index (χ2v) is 7.91. The predicted molar refractivity (Wildman–Crippen MR) is 75.7 cm³/mol. The van der Waals surface area contributed by atoms with Crippen LogP contribution in [0.4, 0.5) is 4.79 Å². The molecule has 0 N–H and O–H groups in total. The van der Waals surface area contributed by atoms with Crippen molar-refractivity contribution in [3.63, 3.8) is 0 Å². The Kier molecular flexibility index (Phi) is 5.08. The van der Waals surface area contributed by atoms with Gasteiger partial charge in [-0.15, -0.1) is 0 Å². The van der Waals surface area contributed by atoms with E-state index in [1.165, 1.54) is 11.9 Å². The highest BCUT2D eigenvalue weighted by atomic mass is 32.2. The van der Waals surface area contributed by atoms with Crippen LogP contribution in [0.25, 0.3) is 0 Å². The molecule has 0 atom stereocenters. The van der Waals surface area contributed by atoms with Gasteiger partial charge in [-0.25, -0.2) is 8.98 Å². The third kappa shape index (κ3) is 4.94. The molecule has 7 heteroatoms. The minimum Gasteiger partial charge on any atom is -0.444 e. The molecule has 1 amide bonds. The predicted octanol–water partition coefficient (Wildman–Crippen LogP) is 2.49. The number of hydrogen-bond acceptors (Lipinski definition) is 5. The lowest BCUT2D eigenvalue weighted by molar-refractivity contribution is -0.0931. The quantitative estimate of drug-likeness (QED) is 0.591. The van der Waals surface area contributed by atoms with E-state index in [0.29, 0.717) is 12.8 Å². The van der Waals surface area contributed by atoms with Gasteiger partial charge in [-0.3, -0.25) is 4.90 Å². The number of rotatable bonds is 3. The molecule has 0 aromatic carbocycles. The summed E-state index contributed by atoms with van der Waals surface area (Å²) in [5.41, 5.74) is -1.75. The zero-order valence-corrected chi connectivity index (χ0v) is 13.7. The fraction of sp³-hybridized carbons (Fsp3) is 0.923. The summed E-state index contributed by atoms with van der Waals surface area (Å²) in [5.74, 6) is 0. The van der Waals surface area contributed by atoms with Crippen molar-refractivity contribution in [1.82, 2.24) is 4.90 Å². The summed E-state index contributed by atoms with van der Waals surface area (Å²) in [6.07, 6.45) is 4.09. The van der Waals surface area contributed by atoms with E-state index in [0.717, 1.165) is 25.5 Å². The summed E-state index contributed by atoms with van der Waals surface area (Å²) in [6, 6.07) is 0. The van der Waals surface area contributed by atoms with Crippen LogP contribution in [0.3, 0.4) is 0 Å². The molecule has 0 saturated heterocycles. The van der Waals surface area contributed by atoms with Gasteiger partial charge in [0.15, 0.2) is 5.72 Å². The number of carbonyl (C=O) groups is 1. The lowest BCUT2D eigenvalue weighted by atomic mass is 9.91. The monoisotopic (exact) mass is 307 g/mol. The molecule has 0 heterocycles. The average molecular weight is 307 g/mol. The summed E-state index contributed by atoms with van der Waals surface area (Å²) in [6.45, 7) is 5.30. The third-order valence-corrected chi connectivity index (χ3v) is 3.83. The first kappa shape index (κ1) is 17.2. The van der Waals surface area contributed by atoms with Gasteiger partial charge in [-0.05, 0) is 46.5 Å². The van der Waals surface area contributed by atoms with Crippen molar-refractivity contribution in [2.24, 2.45) is 0 Å².